The van der Waals surface area contributed by atoms with Gasteiger partial charge < -0.3 is 4.74 Å². The summed E-state index contributed by atoms with van der Waals surface area (Å²) in [6.45, 7) is 7.03. The highest BCUT2D eigenvalue weighted by atomic mass is 79.9. The van der Waals surface area contributed by atoms with Crippen molar-refractivity contribution in [3.8, 4) is 0 Å². The molecule has 0 unspecified atom stereocenters. The minimum absolute atomic E-state index is 0.0879. The first-order chi connectivity index (χ1) is 12.6. The zero-order valence-electron chi connectivity index (χ0n) is 15.8. The molecule has 5 nitrogen and oxygen atoms in total. The van der Waals surface area contributed by atoms with Gasteiger partial charge in [0.2, 0.25) is 0 Å². The number of benzene rings is 2. The van der Waals surface area contributed by atoms with Crippen LogP contribution in [-0.4, -0.2) is 27.0 Å². The monoisotopic (exact) mass is 453 g/mol. The minimum atomic E-state index is -3.95. The van der Waals surface area contributed by atoms with Crippen molar-refractivity contribution in [1.29, 1.82) is 0 Å². The molecule has 0 heterocycles. The second kappa shape index (κ2) is 8.89. The molecule has 0 aliphatic heterocycles. The van der Waals surface area contributed by atoms with Crippen LogP contribution in [0.5, 0.6) is 0 Å². The van der Waals surface area contributed by atoms with E-state index in [9.17, 15) is 13.2 Å². The van der Waals surface area contributed by atoms with Crippen LogP contribution in [0, 0.1) is 0 Å². The van der Waals surface area contributed by atoms with Crippen molar-refractivity contribution in [2.45, 2.75) is 44.6 Å². The van der Waals surface area contributed by atoms with Gasteiger partial charge in [0.15, 0.2) is 0 Å². The molecule has 0 N–H and O–H groups in total. The molecule has 0 amide bonds. The average Bonchev–Trinajstić information content (AvgIpc) is 2.59. The quantitative estimate of drug-likeness (QED) is 0.568. The van der Waals surface area contributed by atoms with Crippen LogP contribution >= 0.6 is 15.9 Å². The van der Waals surface area contributed by atoms with Gasteiger partial charge in [-0.2, -0.15) is 0 Å². The standard InChI is InChI=1S/C20H24BrNO4S/c1-14(2)18-7-5-6-8-19(18)22(13-20(23)26-15(3)4)27(24,25)17-11-9-16(21)10-12-17/h5-12,14-15H,13H2,1-4H3. The maximum absolute atomic E-state index is 13.3. The molecule has 0 saturated heterocycles. The maximum Gasteiger partial charge on any atom is 0.327 e. The molecule has 0 radical (unpaired) electrons. The summed E-state index contributed by atoms with van der Waals surface area (Å²) in [7, 11) is -3.95. The molecule has 0 aromatic heterocycles. The van der Waals surface area contributed by atoms with Crippen LogP contribution in [0.4, 0.5) is 5.69 Å². The third-order valence-corrected chi connectivity index (χ3v) is 6.17. The largest absolute Gasteiger partial charge is 0.462 e. The molecular weight excluding hydrogens is 430 g/mol. The first-order valence-corrected chi connectivity index (χ1v) is 10.9. The van der Waals surface area contributed by atoms with Crippen molar-refractivity contribution in [3.05, 3.63) is 58.6 Å². The van der Waals surface area contributed by atoms with Crippen molar-refractivity contribution in [1.82, 2.24) is 0 Å². The lowest BCUT2D eigenvalue weighted by atomic mass is 10.0. The smallest absolute Gasteiger partial charge is 0.327 e. The summed E-state index contributed by atoms with van der Waals surface area (Å²) < 4.78 is 33.8. The Hall–Kier alpha value is -1.86. The highest BCUT2D eigenvalue weighted by Gasteiger charge is 2.30. The van der Waals surface area contributed by atoms with Crippen LogP contribution in [0.1, 0.15) is 39.2 Å². The van der Waals surface area contributed by atoms with Gasteiger partial charge in [0.05, 0.1) is 16.7 Å². The van der Waals surface area contributed by atoms with Gasteiger partial charge in [0, 0.05) is 4.47 Å². The molecule has 27 heavy (non-hydrogen) atoms. The molecular formula is C20H24BrNO4S. The lowest BCUT2D eigenvalue weighted by molar-refractivity contribution is -0.145. The Morgan fingerprint density at radius 2 is 1.63 bits per heavy atom. The molecule has 0 fully saturated rings. The van der Waals surface area contributed by atoms with Gasteiger partial charge in [-0.15, -0.1) is 0 Å². The van der Waals surface area contributed by atoms with E-state index in [-0.39, 0.29) is 23.5 Å². The molecule has 146 valence electrons. The molecule has 2 aromatic rings. The zero-order valence-corrected chi connectivity index (χ0v) is 18.2. The van der Waals surface area contributed by atoms with E-state index in [1.165, 1.54) is 12.1 Å². The Balaban J connectivity index is 2.56. The number of hydrogen-bond donors (Lipinski definition) is 0. The molecule has 0 bridgehead atoms. The fourth-order valence-electron chi connectivity index (χ4n) is 2.65. The van der Waals surface area contributed by atoms with Crippen molar-refractivity contribution >= 4 is 37.6 Å². The summed E-state index contributed by atoms with van der Waals surface area (Å²) in [6.07, 6.45) is -0.324. The van der Waals surface area contributed by atoms with Crippen LogP contribution < -0.4 is 4.31 Å². The van der Waals surface area contributed by atoms with E-state index in [0.29, 0.717) is 5.69 Å². The van der Waals surface area contributed by atoms with Gasteiger partial charge in [-0.1, -0.05) is 48.0 Å². The summed E-state index contributed by atoms with van der Waals surface area (Å²) in [5, 5.41) is 0. The number of hydrogen-bond acceptors (Lipinski definition) is 4. The van der Waals surface area contributed by atoms with Gasteiger partial charge in [-0.05, 0) is 55.7 Å². The third kappa shape index (κ3) is 5.32. The lowest BCUT2D eigenvalue weighted by Gasteiger charge is -2.27. The molecule has 0 atom stereocenters. The van der Waals surface area contributed by atoms with E-state index in [1.807, 2.05) is 26.0 Å². The predicted molar refractivity (Wildman–Crippen MR) is 110 cm³/mol. The second-order valence-electron chi connectivity index (χ2n) is 6.72. The normalized spacial score (nSPS) is 11.7. The Morgan fingerprint density at radius 3 is 2.19 bits per heavy atom. The number of nitrogens with zero attached hydrogens (tertiary/aromatic N) is 1. The highest BCUT2D eigenvalue weighted by Crippen LogP contribution is 2.31. The highest BCUT2D eigenvalue weighted by molar-refractivity contribution is 9.10. The first kappa shape index (κ1) is 21.4. The minimum Gasteiger partial charge on any atom is -0.462 e. The van der Waals surface area contributed by atoms with Crippen LogP contribution in [0.2, 0.25) is 0 Å². The number of halogens is 1. The summed E-state index contributed by atoms with van der Waals surface area (Å²) >= 11 is 3.31. The fraction of sp³-hybridized carbons (Fsp3) is 0.350. The number of carbonyl (C=O) groups excluding carboxylic acids is 1. The summed E-state index contributed by atoms with van der Waals surface area (Å²) in [5.41, 5.74) is 1.33. The third-order valence-electron chi connectivity index (χ3n) is 3.87. The summed E-state index contributed by atoms with van der Waals surface area (Å²) in [5.74, 6) is -0.505. The number of sulfonamides is 1. The van der Waals surface area contributed by atoms with Crippen LogP contribution in [0.3, 0.4) is 0 Å². The Bertz CT molecular complexity index is 892. The molecule has 0 saturated carbocycles. The Kier molecular flexibility index (Phi) is 7.06. The molecule has 0 spiro atoms. The van der Waals surface area contributed by atoms with Crippen molar-refractivity contribution < 1.29 is 17.9 Å². The SMILES string of the molecule is CC(C)OC(=O)CN(c1ccccc1C(C)C)S(=O)(=O)c1ccc(Br)cc1. The summed E-state index contributed by atoms with van der Waals surface area (Å²) in [4.78, 5) is 12.4. The van der Waals surface area contributed by atoms with E-state index >= 15 is 0 Å². The number of esters is 1. The van der Waals surface area contributed by atoms with E-state index < -0.39 is 16.0 Å². The van der Waals surface area contributed by atoms with Crippen molar-refractivity contribution in [2.75, 3.05) is 10.8 Å². The van der Waals surface area contributed by atoms with Gasteiger partial charge in [-0.3, -0.25) is 9.10 Å². The van der Waals surface area contributed by atoms with Crippen LogP contribution in [0.15, 0.2) is 57.9 Å². The number of carbonyl (C=O) groups is 1. The number of para-hydroxylation sites is 1. The molecule has 7 heteroatoms. The molecule has 2 aromatic carbocycles. The van der Waals surface area contributed by atoms with E-state index in [4.69, 9.17) is 4.74 Å². The van der Waals surface area contributed by atoms with Gasteiger partial charge in [0.1, 0.15) is 6.54 Å². The van der Waals surface area contributed by atoms with Crippen molar-refractivity contribution in [3.63, 3.8) is 0 Å². The number of anilines is 1. The number of rotatable bonds is 7. The van der Waals surface area contributed by atoms with Gasteiger partial charge in [0.25, 0.3) is 10.0 Å². The predicted octanol–water partition coefficient (Wildman–Crippen LogP) is 4.72. The van der Waals surface area contributed by atoms with Gasteiger partial charge in [-0.25, -0.2) is 8.42 Å². The van der Waals surface area contributed by atoms with Gasteiger partial charge >= 0.3 is 5.97 Å². The zero-order chi connectivity index (χ0) is 20.2. The Morgan fingerprint density at radius 1 is 1.04 bits per heavy atom. The average molecular weight is 454 g/mol. The van der Waals surface area contributed by atoms with Crippen LogP contribution in [0.25, 0.3) is 0 Å². The van der Waals surface area contributed by atoms with E-state index in [1.54, 1.807) is 38.1 Å². The van der Waals surface area contributed by atoms with Crippen molar-refractivity contribution in [2.24, 2.45) is 0 Å². The molecule has 0 aliphatic carbocycles. The van der Waals surface area contributed by atoms with E-state index in [0.717, 1.165) is 14.3 Å². The number of ether oxygens (including phenoxy) is 1. The summed E-state index contributed by atoms with van der Waals surface area (Å²) in [6, 6.07) is 13.6. The molecule has 2 rings (SSSR count). The fourth-order valence-corrected chi connectivity index (χ4v) is 4.35. The molecule has 0 aliphatic rings. The lowest BCUT2D eigenvalue weighted by Crippen LogP contribution is -2.38. The maximum atomic E-state index is 13.3. The Labute approximate surface area is 169 Å². The van der Waals surface area contributed by atoms with Crippen LogP contribution in [-0.2, 0) is 19.6 Å². The first-order valence-electron chi connectivity index (χ1n) is 8.69. The second-order valence-corrected chi connectivity index (χ2v) is 9.50. The topological polar surface area (TPSA) is 63.7 Å². The van der Waals surface area contributed by atoms with E-state index in [2.05, 4.69) is 15.9 Å².